The Balaban J connectivity index is 2.23. The number of benzene rings is 2. The predicted octanol–water partition coefficient (Wildman–Crippen LogP) is 4.19. The van der Waals surface area contributed by atoms with E-state index >= 15 is 0 Å². The van der Waals surface area contributed by atoms with Gasteiger partial charge in [0.2, 0.25) is 0 Å². The van der Waals surface area contributed by atoms with Crippen LogP contribution in [0, 0.1) is 6.92 Å². The van der Waals surface area contributed by atoms with Crippen molar-refractivity contribution in [2.45, 2.75) is 19.9 Å². The summed E-state index contributed by atoms with van der Waals surface area (Å²) in [6, 6.07) is 12.1. The third-order valence-electron chi connectivity index (χ3n) is 3.57. The summed E-state index contributed by atoms with van der Waals surface area (Å²) < 4.78 is 0. The molecule has 1 N–H and O–H groups in total. The van der Waals surface area contributed by atoms with Crippen LogP contribution in [0.3, 0.4) is 0 Å². The number of phenolic OH excluding ortho intramolecular Hbond substituents is 1. The van der Waals surface area contributed by atoms with Gasteiger partial charge in [-0.05, 0) is 55.3 Å². The Morgan fingerprint density at radius 3 is 2.38 bits per heavy atom. The van der Waals surface area contributed by atoms with E-state index < -0.39 is 0 Å². The van der Waals surface area contributed by atoms with E-state index in [0.717, 1.165) is 11.1 Å². The minimum Gasteiger partial charge on any atom is -0.508 e. The maximum atomic E-state index is 12.5. The fourth-order valence-corrected chi connectivity index (χ4v) is 2.51. The van der Waals surface area contributed by atoms with Gasteiger partial charge in [0.15, 0.2) is 0 Å². The van der Waals surface area contributed by atoms with E-state index in [0.29, 0.717) is 10.6 Å². The van der Waals surface area contributed by atoms with Gasteiger partial charge in [-0.1, -0.05) is 23.7 Å². The third kappa shape index (κ3) is 3.56. The van der Waals surface area contributed by atoms with Gasteiger partial charge in [-0.3, -0.25) is 4.79 Å². The zero-order valence-electron chi connectivity index (χ0n) is 12.3. The minimum absolute atomic E-state index is 0.0822. The van der Waals surface area contributed by atoms with Crippen molar-refractivity contribution in [3.63, 3.8) is 0 Å². The highest BCUT2D eigenvalue weighted by Gasteiger charge is 2.19. The molecule has 3 nitrogen and oxygen atoms in total. The fourth-order valence-electron chi connectivity index (χ4n) is 2.22. The van der Waals surface area contributed by atoms with Gasteiger partial charge < -0.3 is 10.0 Å². The van der Waals surface area contributed by atoms with Gasteiger partial charge in [-0.2, -0.15) is 0 Å². The van der Waals surface area contributed by atoms with E-state index in [4.69, 9.17) is 11.6 Å². The fraction of sp³-hybridized carbons (Fsp3) is 0.235. The van der Waals surface area contributed by atoms with Gasteiger partial charge in [0.25, 0.3) is 5.91 Å². The van der Waals surface area contributed by atoms with E-state index in [1.54, 1.807) is 30.1 Å². The monoisotopic (exact) mass is 303 g/mol. The molecule has 0 spiro atoms. The number of hydrogen-bond donors (Lipinski definition) is 1. The van der Waals surface area contributed by atoms with E-state index in [9.17, 15) is 9.90 Å². The predicted molar refractivity (Wildman–Crippen MR) is 84.8 cm³/mol. The molecule has 0 aliphatic heterocycles. The second kappa shape index (κ2) is 6.19. The summed E-state index contributed by atoms with van der Waals surface area (Å²) in [6.07, 6.45) is 0. The molecule has 4 heteroatoms. The number of amides is 1. The molecule has 0 radical (unpaired) electrons. The van der Waals surface area contributed by atoms with Crippen LogP contribution in [0.4, 0.5) is 0 Å². The average Bonchev–Trinajstić information content (AvgIpc) is 2.44. The second-order valence-corrected chi connectivity index (χ2v) is 5.64. The first-order valence-electron chi connectivity index (χ1n) is 6.72. The third-order valence-corrected chi connectivity index (χ3v) is 3.78. The van der Waals surface area contributed by atoms with Crippen molar-refractivity contribution in [2.75, 3.05) is 7.05 Å². The number of rotatable bonds is 3. The summed E-state index contributed by atoms with van der Waals surface area (Å²) >= 11 is 6.01. The van der Waals surface area contributed by atoms with Crippen LogP contribution < -0.4 is 0 Å². The number of nitrogens with zero attached hydrogens (tertiary/aromatic N) is 1. The molecule has 0 fully saturated rings. The molecule has 1 atom stereocenters. The molecule has 1 unspecified atom stereocenters. The van der Waals surface area contributed by atoms with E-state index in [-0.39, 0.29) is 17.7 Å². The molecule has 0 aliphatic rings. The smallest absolute Gasteiger partial charge is 0.254 e. The Morgan fingerprint density at radius 2 is 1.81 bits per heavy atom. The van der Waals surface area contributed by atoms with Gasteiger partial charge in [0.05, 0.1) is 6.04 Å². The standard InChI is InChI=1S/C17H18ClNO2/c1-11-8-14(10-15(18)9-11)17(21)19(3)12(2)13-4-6-16(20)7-5-13/h4-10,12,20H,1-3H3. The molecule has 110 valence electrons. The highest BCUT2D eigenvalue weighted by Crippen LogP contribution is 2.24. The van der Waals surface area contributed by atoms with Crippen molar-refractivity contribution in [1.82, 2.24) is 4.90 Å². The van der Waals surface area contributed by atoms with Crippen LogP contribution >= 0.6 is 11.6 Å². The summed E-state index contributed by atoms with van der Waals surface area (Å²) in [5.74, 6) is 0.131. The van der Waals surface area contributed by atoms with Crippen molar-refractivity contribution in [3.8, 4) is 5.75 Å². The van der Waals surface area contributed by atoms with Gasteiger partial charge in [-0.25, -0.2) is 0 Å². The van der Waals surface area contributed by atoms with Crippen LogP contribution in [-0.2, 0) is 0 Å². The molecule has 2 aromatic carbocycles. The lowest BCUT2D eigenvalue weighted by Gasteiger charge is -2.25. The van der Waals surface area contributed by atoms with Crippen LogP contribution in [0.25, 0.3) is 0 Å². The maximum absolute atomic E-state index is 12.5. The lowest BCUT2D eigenvalue weighted by molar-refractivity contribution is 0.0742. The summed E-state index contributed by atoms with van der Waals surface area (Å²) in [6.45, 7) is 3.85. The summed E-state index contributed by atoms with van der Waals surface area (Å²) in [4.78, 5) is 14.2. The van der Waals surface area contributed by atoms with Gasteiger partial charge in [-0.15, -0.1) is 0 Å². The molecule has 21 heavy (non-hydrogen) atoms. The van der Waals surface area contributed by atoms with Gasteiger partial charge >= 0.3 is 0 Å². The van der Waals surface area contributed by atoms with Crippen molar-refractivity contribution in [2.24, 2.45) is 0 Å². The van der Waals surface area contributed by atoms with Crippen molar-refractivity contribution in [1.29, 1.82) is 0 Å². The van der Waals surface area contributed by atoms with Crippen molar-refractivity contribution in [3.05, 3.63) is 64.2 Å². The maximum Gasteiger partial charge on any atom is 0.254 e. The molecule has 0 aliphatic carbocycles. The number of halogens is 1. The van der Waals surface area contributed by atoms with Crippen LogP contribution in [0.5, 0.6) is 5.75 Å². The molecule has 0 saturated heterocycles. The first-order chi connectivity index (χ1) is 9.88. The molecule has 0 saturated carbocycles. The SMILES string of the molecule is Cc1cc(Cl)cc(C(=O)N(C)C(C)c2ccc(O)cc2)c1. The molecule has 0 aromatic heterocycles. The van der Waals surface area contributed by atoms with E-state index in [2.05, 4.69) is 0 Å². The van der Waals surface area contributed by atoms with Crippen molar-refractivity contribution < 1.29 is 9.90 Å². The van der Waals surface area contributed by atoms with Gasteiger partial charge in [0.1, 0.15) is 5.75 Å². The molecule has 0 bridgehead atoms. The largest absolute Gasteiger partial charge is 0.508 e. The highest BCUT2D eigenvalue weighted by molar-refractivity contribution is 6.31. The summed E-state index contributed by atoms with van der Waals surface area (Å²) in [7, 11) is 1.76. The first-order valence-corrected chi connectivity index (χ1v) is 7.09. The number of aryl methyl sites for hydroxylation is 1. The highest BCUT2D eigenvalue weighted by atomic mass is 35.5. The average molecular weight is 304 g/mol. The Morgan fingerprint density at radius 1 is 1.19 bits per heavy atom. The zero-order valence-corrected chi connectivity index (χ0v) is 13.1. The Hall–Kier alpha value is -2.00. The van der Waals surface area contributed by atoms with Crippen LogP contribution in [-0.4, -0.2) is 23.0 Å². The first kappa shape index (κ1) is 15.4. The minimum atomic E-state index is -0.0996. The number of aromatic hydroxyl groups is 1. The Bertz CT molecular complexity index is 632. The lowest BCUT2D eigenvalue weighted by Crippen LogP contribution is -2.29. The topological polar surface area (TPSA) is 40.5 Å². The van der Waals surface area contributed by atoms with E-state index in [1.165, 1.54) is 0 Å². The van der Waals surface area contributed by atoms with Crippen LogP contribution in [0.1, 0.15) is 34.5 Å². The van der Waals surface area contributed by atoms with E-state index in [1.807, 2.05) is 38.1 Å². The van der Waals surface area contributed by atoms with Crippen LogP contribution in [0.2, 0.25) is 5.02 Å². The quantitative estimate of drug-likeness (QED) is 0.923. The van der Waals surface area contributed by atoms with Crippen LogP contribution in [0.15, 0.2) is 42.5 Å². The molecular formula is C17H18ClNO2. The number of phenols is 1. The number of carbonyl (C=O) groups is 1. The van der Waals surface area contributed by atoms with Crippen molar-refractivity contribution >= 4 is 17.5 Å². The molecular weight excluding hydrogens is 286 g/mol. The Labute approximate surface area is 129 Å². The molecule has 0 heterocycles. The number of hydrogen-bond acceptors (Lipinski definition) is 2. The summed E-state index contributed by atoms with van der Waals surface area (Å²) in [5, 5.41) is 9.89. The summed E-state index contributed by atoms with van der Waals surface area (Å²) in [5.41, 5.74) is 2.49. The molecule has 1 amide bonds. The number of carbonyl (C=O) groups excluding carboxylic acids is 1. The van der Waals surface area contributed by atoms with Gasteiger partial charge in [0, 0.05) is 17.6 Å². The zero-order chi connectivity index (χ0) is 15.6. The molecule has 2 rings (SSSR count). The lowest BCUT2D eigenvalue weighted by atomic mass is 10.1. The molecule has 2 aromatic rings. The normalized spacial score (nSPS) is 12.0. The Kier molecular flexibility index (Phi) is 4.53. The second-order valence-electron chi connectivity index (χ2n) is 5.20.